The average molecular weight is 420 g/mol. The van der Waals surface area contributed by atoms with Crippen molar-refractivity contribution < 1.29 is 9.47 Å². The minimum absolute atomic E-state index is 0. The van der Waals surface area contributed by atoms with Crippen LogP contribution < -0.4 is 20.5 Å². The van der Waals surface area contributed by atoms with Crippen molar-refractivity contribution in [2.24, 2.45) is 16.6 Å². The summed E-state index contributed by atoms with van der Waals surface area (Å²) in [5.74, 6) is 2.37. The Hall–Kier alpha value is -1.22. The lowest BCUT2D eigenvalue weighted by Crippen LogP contribution is -2.24. The first kappa shape index (κ1) is 18.8. The maximum Gasteiger partial charge on any atom is 0.193 e. The van der Waals surface area contributed by atoms with Gasteiger partial charge in [-0.3, -0.25) is 4.99 Å². The van der Waals surface area contributed by atoms with Gasteiger partial charge in [0.05, 0.1) is 14.2 Å². The monoisotopic (exact) mass is 420 g/mol. The number of benzene rings is 1. The number of hydrogen-bond acceptors (Lipinski definition) is 4. The Morgan fingerprint density at radius 3 is 2.68 bits per heavy atom. The summed E-state index contributed by atoms with van der Waals surface area (Å²) in [6.07, 6.45) is 1.18. The van der Waals surface area contributed by atoms with E-state index in [0.29, 0.717) is 23.4 Å². The van der Waals surface area contributed by atoms with E-state index in [1.807, 2.05) is 18.2 Å². The molecular formula is C15H25IN4O2. The SMILES string of the molecule is COc1ccc(NC(N)=NCC2CCN(C)C2)cc1OC.I. The fourth-order valence-electron chi connectivity index (χ4n) is 2.50. The summed E-state index contributed by atoms with van der Waals surface area (Å²) < 4.78 is 10.5. The van der Waals surface area contributed by atoms with Crippen molar-refractivity contribution in [3.8, 4) is 11.5 Å². The number of guanidine groups is 1. The van der Waals surface area contributed by atoms with E-state index in [2.05, 4.69) is 22.3 Å². The van der Waals surface area contributed by atoms with E-state index < -0.39 is 0 Å². The first-order valence-electron chi connectivity index (χ1n) is 7.10. The molecule has 1 fully saturated rings. The fourth-order valence-corrected chi connectivity index (χ4v) is 2.50. The van der Waals surface area contributed by atoms with E-state index in [0.717, 1.165) is 25.3 Å². The Morgan fingerprint density at radius 2 is 2.09 bits per heavy atom. The van der Waals surface area contributed by atoms with Gasteiger partial charge in [0.2, 0.25) is 0 Å². The first-order chi connectivity index (χ1) is 10.1. The zero-order chi connectivity index (χ0) is 15.2. The number of aliphatic imine (C=N–C) groups is 1. The number of rotatable bonds is 5. The highest BCUT2D eigenvalue weighted by molar-refractivity contribution is 14.0. The molecule has 0 spiro atoms. The molecule has 2 rings (SSSR count). The summed E-state index contributed by atoms with van der Waals surface area (Å²) in [6.45, 7) is 2.99. The highest BCUT2D eigenvalue weighted by Crippen LogP contribution is 2.29. The van der Waals surface area contributed by atoms with Crippen LogP contribution in [0.4, 0.5) is 5.69 Å². The van der Waals surface area contributed by atoms with Gasteiger partial charge in [-0.25, -0.2) is 0 Å². The second-order valence-corrected chi connectivity index (χ2v) is 5.34. The lowest BCUT2D eigenvalue weighted by atomic mass is 10.1. The molecule has 1 aliphatic heterocycles. The van der Waals surface area contributed by atoms with E-state index in [1.165, 1.54) is 6.42 Å². The van der Waals surface area contributed by atoms with Crippen LogP contribution in [0, 0.1) is 5.92 Å². The minimum Gasteiger partial charge on any atom is -0.493 e. The topological polar surface area (TPSA) is 72.1 Å². The van der Waals surface area contributed by atoms with Crippen molar-refractivity contribution in [1.82, 2.24) is 4.90 Å². The Balaban J connectivity index is 0.00000242. The predicted molar refractivity (Wildman–Crippen MR) is 101 cm³/mol. The molecule has 1 heterocycles. The van der Waals surface area contributed by atoms with E-state index >= 15 is 0 Å². The van der Waals surface area contributed by atoms with Gasteiger partial charge in [-0.1, -0.05) is 0 Å². The van der Waals surface area contributed by atoms with Gasteiger partial charge in [0, 0.05) is 24.8 Å². The molecule has 0 saturated carbocycles. The number of halogens is 1. The van der Waals surface area contributed by atoms with Gasteiger partial charge in [-0.05, 0) is 38.1 Å². The van der Waals surface area contributed by atoms with Crippen molar-refractivity contribution in [2.75, 3.05) is 46.2 Å². The average Bonchev–Trinajstić information content (AvgIpc) is 2.90. The number of nitrogens with one attached hydrogen (secondary N) is 1. The Bertz CT molecular complexity index is 510. The lowest BCUT2D eigenvalue weighted by molar-refractivity contribution is 0.355. The number of anilines is 1. The molecule has 6 nitrogen and oxygen atoms in total. The standard InChI is InChI=1S/C15H24N4O2.HI/c1-19-7-6-11(10-19)9-17-15(16)18-12-4-5-13(20-2)14(8-12)21-3;/h4-5,8,11H,6-7,9-10H2,1-3H3,(H3,16,17,18);1H. The van der Waals surface area contributed by atoms with Gasteiger partial charge >= 0.3 is 0 Å². The number of hydrogen-bond donors (Lipinski definition) is 2. The molecule has 7 heteroatoms. The van der Waals surface area contributed by atoms with Crippen molar-refractivity contribution >= 4 is 35.6 Å². The van der Waals surface area contributed by atoms with E-state index in [4.69, 9.17) is 15.2 Å². The van der Waals surface area contributed by atoms with Crippen molar-refractivity contribution in [1.29, 1.82) is 0 Å². The van der Waals surface area contributed by atoms with Crippen molar-refractivity contribution in [3.05, 3.63) is 18.2 Å². The molecule has 0 aromatic heterocycles. The molecule has 0 aliphatic carbocycles. The molecule has 1 aromatic rings. The number of nitrogens with zero attached hydrogens (tertiary/aromatic N) is 2. The molecule has 1 atom stereocenters. The summed E-state index contributed by atoms with van der Waals surface area (Å²) in [4.78, 5) is 6.74. The van der Waals surface area contributed by atoms with Gasteiger partial charge < -0.3 is 25.4 Å². The molecule has 0 bridgehead atoms. The second-order valence-electron chi connectivity index (χ2n) is 5.34. The van der Waals surface area contributed by atoms with E-state index in [1.54, 1.807) is 14.2 Å². The Labute approximate surface area is 149 Å². The number of likely N-dealkylation sites (tertiary alicyclic amines) is 1. The molecule has 0 amide bonds. The van der Waals surface area contributed by atoms with Crippen LogP contribution in [0.2, 0.25) is 0 Å². The van der Waals surface area contributed by atoms with E-state index in [9.17, 15) is 0 Å². The van der Waals surface area contributed by atoms with Gasteiger partial charge in [-0.2, -0.15) is 0 Å². The van der Waals surface area contributed by atoms with Crippen LogP contribution in [-0.4, -0.2) is 51.8 Å². The zero-order valence-corrected chi connectivity index (χ0v) is 15.7. The zero-order valence-electron chi connectivity index (χ0n) is 13.3. The molecule has 22 heavy (non-hydrogen) atoms. The van der Waals surface area contributed by atoms with Crippen LogP contribution in [0.1, 0.15) is 6.42 Å². The second kappa shape index (κ2) is 9.04. The molecule has 1 aliphatic rings. The maximum atomic E-state index is 5.93. The molecular weight excluding hydrogens is 395 g/mol. The fraction of sp³-hybridized carbons (Fsp3) is 0.533. The summed E-state index contributed by atoms with van der Waals surface area (Å²) in [5, 5.41) is 3.08. The molecule has 3 N–H and O–H groups in total. The lowest BCUT2D eigenvalue weighted by Gasteiger charge is -2.12. The normalized spacial score (nSPS) is 18.7. The highest BCUT2D eigenvalue weighted by atomic mass is 127. The largest absolute Gasteiger partial charge is 0.493 e. The van der Waals surface area contributed by atoms with Crippen LogP contribution in [-0.2, 0) is 0 Å². The summed E-state index contributed by atoms with van der Waals surface area (Å²) in [6, 6.07) is 5.55. The van der Waals surface area contributed by atoms with Crippen molar-refractivity contribution in [2.45, 2.75) is 6.42 Å². The van der Waals surface area contributed by atoms with Crippen molar-refractivity contribution in [3.63, 3.8) is 0 Å². The summed E-state index contributed by atoms with van der Waals surface area (Å²) in [5.41, 5.74) is 6.76. The predicted octanol–water partition coefficient (Wildman–Crippen LogP) is 2.00. The van der Waals surface area contributed by atoms with Gasteiger partial charge in [0.1, 0.15) is 0 Å². The van der Waals surface area contributed by atoms with Gasteiger partial charge in [0.25, 0.3) is 0 Å². The highest BCUT2D eigenvalue weighted by Gasteiger charge is 2.18. The minimum atomic E-state index is 0. The van der Waals surface area contributed by atoms with Gasteiger partial charge in [-0.15, -0.1) is 24.0 Å². The van der Waals surface area contributed by atoms with E-state index in [-0.39, 0.29) is 24.0 Å². The molecule has 124 valence electrons. The molecule has 1 aromatic carbocycles. The third-order valence-electron chi connectivity index (χ3n) is 3.66. The maximum absolute atomic E-state index is 5.93. The third-order valence-corrected chi connectivity index (χ3v) is 3.66. The molecule has 1 unspecified atom stereocenters. The van der Waals surface area contributed by atoms with Crippen LogP contribution >= 0.6 is 24.0 Å². The Kier molecular flexibility index (Phi) is 7.74. The van der Waals surface area contributed by atoms with Crippen LogP contribution in [0.15, 0.2) is 23.2 Å². The summed E-state index contributed by atoms with van der Waals surface area (Å²) in [7, 11) is 5.35. The van der Waals surface area contributed by atoms with Crippen LogP contribution in [0.25, 0.3) is 0 Å². The van der Waals surface area contributed by atoms with Gasteiger partial charge in [0.15, 0.2) is 17.5 Å². The van der Waals surface area contributed by atoms with Crippen LogP contribution in [0.5, 0.6) is 11.5 Å². The Morgan fingerprint density at radius 1 is 1.36 bits per heavy atom. The quantitative estimate of drug-likeness (QED) is 0.433. The molecule has 1 saturated heterocycles. The number of nitrogens with two attached hydrogens (primary N) is 1. The molecule has 0 radical (unpaired) electrons. The van der Waals surface area contributed by atoms with Crippen LogP contribution in [0.3, 0.4) is 0 Å². The third kappa shape index (κ3) is 5.20. The number of methoxy groups -OCH3 is 2. The smallest absolute Gasteiger partial charge is 0.193 e. The number of ether oxygens (including phenoxy) is 2. The summed E-state index contributed by atoms with van der Waals surface area (Å²) >= 11 is 0. The first-order valence-corrected chi connectivity index (χ1v) is 7.10.